The highest BCUT2D eigenvalue weighted by Crippen LogP contribution is 2.37. The Morgan fingerprint density at radius 2 is 1.80 bits per heavy atom. The van der Waals surface area contributed by atoms with Crippen LogP contribution in [0.5, 0.6) is 11.5 Å². The average Bonchev–Trinajstić information content (AvgIpc) is 2.81. The van der Waals surface area contributed by atoms with Gasteiger partial charge in [0.15, 0.2) is 11.5 Å². The van der Waals surface area contributed by atoms with Crippen LogP contribution in [0.15, 0.2) is 18.2 Å². The minimum atomic E-state index is -0.428. The molecule has 0 radical (unpaired) electrons. The lowest BCUT2D eigenvalue weighted by Crippen LogP contribution is -2.41. The van der Waals surface area contributed by atoms with Crippen molar-refractivity contribution in [2.75, 3.05) is 33.5 Å². The Labute approximate surface area is 149 Å². The van der Waals surface area contributed by atoms with Crippen LogP contribution in [-0.4, -0.2) is 58.0 Å². The highest BCUT2D eigenvalue weighted by molar-refractivity contribution is 6.62. The minimum absolute atomic E-state index is 0.0544. The summed E-state index contributed by atoms with van der Waals surface area (Å²) in [7, 11) is 1.19. The van der Waals surface area contributed by atoms with E-state index in [1.54, 1.807) is 7.11 Å². The smallest absolute Gasteiger partial charge is 0.493 e. The van der Waals surface area contributed by atoms with Gasteiger partial charge in [-0.1, -0.05) is 6.07 Å². The fourth-order valence-corrected chi connectivity index (χ4v) is 2.74. The van der Waals surface area contributed by atoms with Crippen molar-refractivity contribution in [1.29, 1.82) is 0 Å². The zero-order chi connectivity index (χ0) is 18.1. The summed E-state index contributed by atoms with van der Waals surface area (Å²) < 4.78 is 34.5. The lowest BCUT2D eigenvalue weighted by atomic mass is 9.79. The van der Waals surface area contributed by atoms with Gasteiger partial charge in [-0.3, -0.25) is 0 Å². The van der Waals surface area contributed by atoms with Crippen molar-refractivity contribution in [3.63, 3.8) is 0 Å². The molecule has 1 aromatic rings. The van der Waals surface area contributed by atoms with Gasteiger partial charge < -0.3 is 28.3 Å². The maximum atomic E-state index is 6.09. The average molecular weight is 350 g/mol. The van der Waals surface area contributed by atoms with E-state index in [0.29, 0.717) is 37.9 Å². The van der Waals surface area contributed by atoms with E-state index in [4.69, 9.17) is 28.3 Å². The van der Waals surface area contributed by atoms with Gasteiger partial charge in [0.25, 0.3) is 0 Å². The highest BCUT2D eigenvalue weighted by Gasteiger charge is 2.51. The van der Waals surface area contributed by atoms with Gasteiger partial charge in [0.1, 0.15) is 12.7 Å². The first-order valence-corrected chi connectivity index (χ1v) is 8.68. The van der Waals surface area contributed by atoms with Crippen LogP contribution < -0.4 is 14.9 Å². The van der Waals surface area contributed by atoms with Crippen molar-refractivity contribution >= 4 is 12.6 Å². The molecule has 2 aliphatic rings. The standard InChI is InChI=1S/C18H27BO6/c1-17(2)18(3,4)25-19(24-17)13-6-7-15(16(10-13)20-5)23-12-14-11-21-8-9-22-14/h6-7,10,14H,8-9,11-12H2,1-5H3. The van der Waals surface area contributed by atoms with Crippen molar-refractivity contribution in [2.45, 2.75) is 45.0 Å². The SMILES string of the molecule is COc1cc(B2OC(C)(C)C(C)(C)O2)ccc1OCC1COCCO1. The van der Waals surface area contributed by atoms with Crippen LogP contribution >= 0.6 is 0 Å². The Balaban J connectivity index is 1.69. The number of hydrogen-bond acceptors (Lipinski definition) is 6. The number of hydrogen-bond donors (Lipinski definition) is 0. The third-order valence-electron chi connectivity index (χ3n) is 5.02. The molecule has 0 amide bonds. The summed E-state index contributed by atoms with van der Waals surface area (Å²) in [5, 5.41) is 0. The van der Waals surface area contributed by atoms with E-state index in [1.165, 1.54) is 0 Å². The molecular formula is C18H27BO6. The van der Waals surface area contributed by atoms with Crippen molar-refractivity contribution in [2.24, 2.45) is 0 Å². The number of ether oxygens (including phenoxy) is 4. The fourth-order valence-electron chi connectivity index (χ4n) is 2.74. The third-order valence-corrected chi connectivity index (χ3v) is 5.02. The zero-order valence-electron chi connectivity index (χ0n) is 15.7. The van der Waals surface area contributed by atoms with Gasteiger partial charge in [-0.2, -0.15) is 0 Å². The Hall–Kier alpha value is -1.28. The number of rotatable bonds is 5. The lowest BCUT2D eigenvalue weighted by Gasteiger charge is -2.32. The van der Waals surface area contributed by atoms with Gasteiger partial charge in [0.05, 0.1) is 38.1 Å². The maximum absolute atomic E-state index is 6.09. The van der Waals surface area contributed by atoms with Gasteiger partial charge in [-0.05, 0) is 45.3 Å². The highest BCUT2D eigenvalue weighted by atomic mass is 16.7. The molecule has 2 aliphatic heterocycles. The number of benzene rings is 1. The Morgan fingerprint density at radius 1 is 1.08 bits per heavy atom. The topological polar surface area (TPSA) is 55.4 Å². The predicted molar refractivity (Wildman–Crippen MR) is 94.8 cm³/mol. The summed E-state index contributed by atoms with van der Waals surface area (Å²) >= 11 is 0. The first-order chi connectivity index (χ1) is 11.8. The quantitative estimate of drug-likeness (QED) is 0.755. The molecule has 1 aromatic carbocycles. The molecular weight excluding hydrogens is 323 g/mol. The number of methoxy groups -OCH3 is 1. The van der Waals surface area contributed by atoms with Crippen molar-refractivity contribution in [3.8, 4) is 11.5 Å². The second-order valence-electron chi connectivity index (χ2n) is 7.38. The molecule has 2 heterocycles. The molecule has 1 atom stereocenters. The molecule has 0 saturated carbocycles. The van der Waals surface area contributed by atoms with Crippen LogP contribution in [0.3, 0.4) is 0 Å². The van der Waals surface area contributed by atoms with Crippen LogP contribution in [0.1, 0.15) is 27.7 Å². The molecule has 0 spiro atoms. The molecule has 0 aliphatic carbocycles. The molecule has 0 aromatic heterocycles. The largest absolute Gasteiger partial charge is 0.494 e. The van der Waals surface area contributed by atoms with E-state index >= 15 is 0 Å². The van der Waals surface area contributed by atoms with E-state index < -0.39 is 7.12 Å². The molecule has 3 rings (SSSR count). The normalized spacial score (nSPS) is 25.0. The predicted octanol–water partition coefficient (Wildman–Crippen LogP) is 1.79. The van der Waals surface area contributed by atoms with Crippen LogP contribution in [0, 0.1) is 0 Å². The van der Waals surface area contributed by atoms with Gasteiger partial charge in [0, 0.05) is 0 Å². The van der Waals surface area contributed by atoms with E-state index in [2.05, 4.69) is 0 Å². The van der Waals surface area contributed by atoms with E-state index in [1.807, 2.05) is 45.9 Å². The van der Waals surface area contributed by atoms with Crippen LogP contribution in [0.2, 0.25) is 0 Å². The van der Waals surface area contributed by atoms with E-state index in [9.17, 15) is 0 Å². The molecule has 25 heavy (non-hydrogen) atoms. The first kappa shape index (κ1) is 18.5. The monoisotopic (exact) mass is 350 g/mol. The summed E-state index contributed by atoms with van der Waals surface area (Å²) in [6, 6.07) is 5.72. The van der Waals surface area contributed by atoms with Crippen molar-refractivity contribution in [3.05, 3.63) is 18.2 Å². The summed E-state index contributed by atoms with van der Waals surface area (Å²) in [6.07, 6.45) is -0.0544. The van der Waals surface area contributed by atoms with Gasteiger partial charge in [0.2, 0.25) is 0 Å². The zero-order valence-corrected chi connectivity index (χ0v) is 15.7. The first-order valence-electron chi connectivity index (χ1n) is 8.68. The Kier molecular flexibility index (Phi) is 5.30. The second kappa shape index (κ2) is 7.15. The molecule has 2 fully saturated rings. The summed E-state index contributed by atoms with van der Waals surface area (Å²) in [5.74, 6) is 1.31. The third kappa shape index (κ3) is 3.95. The Bertz CT molecular complexity index is 581. The van der Waals surface area contributed by atoms with Crippen LogP contribution in [-0.2, 0) is 18.8 Å². The summed E-state index contributed by atoms with van der Waals surface area (Å²) in [6.45, 7) is 10.4. The molecule has 138 valence electrons. The fraction of sp³-hybridized carbons (Fsp3) is 0.667. The van der Waals surface area contributed by atoms with Gasteiger partial charge in [-0.25, -0.2) is 0 Å². The summed E-state index contributed by atoms with van der Waals surface area (Å²) in [5.41, 5.74) is 0.150. The summed E-state index contributed by atoms with van der Waals surface area (Å²) in [4.78, 5) is 0. The molecule has 6 nitrogen and oxygen atoms in total. The second-order valence-corrected chi connectivity index (χ2v) is 7.38. The van der Waals surface area contributed by atoms with Gasteiger partial charge in [-0.15, -0.1) is 0 Å². The molecule has 0 N–H and O–H groups in total. The van der Waals surface area contributed by atoms with Crippen molar-refractivity contribution < 1.29 is 28.3 Å². The van der Waals surface area contributed by atoms with E-state index in [0.717, 1.165) is 5.46 Å². The van der Waals surface area contributed by atoms with Crippen molar-refractivity contribution in [1.82, 2.24) is 0 Å². The molecule has 7 heteroatoms. The van der Waals surface area contributed by atoms with E-state index in [-0.39, 0.29) is 17.3 Å². The molecule has 2 saturated heterocycles. The maximum Gasteiger partial charge on any atom is 0.494 e. The molecule has 0 bridgehead atoms. The minimum Gasteiger partial charge on any atom is -0.493 e. The van der Waals surface area contributed by atoms with Crippen LogP contribution in [0.25, 0.3) is 0 Å². The Morgan fingerprint density at radius 3 is 2.40 bits per heavy atom. The lowest BCUT2D eigenvalue weighted by molar-refractivity contribution is -0.101. The van der Waals surface area contributed by atoms with Gasteiger partial charge >= 0.3 is 7.12 Å². The van der Waals surface area contributed by atoms with Crippen LogP contribution in [0.4, 0.5) is 0 Å². The molecule has 1 unspecified atom stereocenters.